The highest BCUT2D eigenvalue weighted by Gasteiger charge is 2.17. The first-order valence-corrected chi connectivity index (χ1v) is 11.2. The average Bonchev–Trinajstić information content (AvgIpc) is 3.19. The Morgan fingerprint density at radius 2 is 1.90 bits per heavy atom. The van der Waals surface area contributed by atoms with E-state index in [1.807, 2.05) is 67.7 Å². The highest BCUT2D eigenvalue weighted by Crippen LogP contribution is 2.28. The molecule has 2 aromatic carbocycles. The van der Waals surface area contributed by atoms with E-state index in [0.717, 1.165) is 15.6 Å². The van der Waals surface area contributed by atoms with Crippen LogP contribution in [0.25, 0.3) is 22.2 Å². The molecule has 0 unspecified atom stereocenters. The maximum atomic E-state index is 13.0. The number of aromatic amines is 1. The van der Waals surface area contributed by atoms with Crippen molar-refractivity contribution in [3.05, 3.63) is 75.6 Å². The van der Waals surface area contributed by atoms with Crippen LogP contribution in [-0.2, 0) is 11.3 Å². The molecule has 2 N–H and O–H groups in total. The molecule has 0 aliphatic rings. The summed E-state index contributed by atoms with van der Waals surface area (Å²) in [6.07, 6.45) is 1.81. The van der Waals surface area contributed by atoms with E-state index in [1.165, 1.54) is 11.8 Å². The first-order valence-electron chi connectivity index (χ1n) is 9.43. The normalized spacial score (nSPS) is 11.0. The largest absolute Gasteiger partial charge is 0.355 e. The first-order chi connectivity index (χ1) is 14.6. The predicted molar refractivity (Wildman–Crippen MR) is 125 cm³/mol. The summed E-state index contributed by atoms with van der Waals surface area (Å²) < 4.78 is 2.40. The summed E-state index contributed by atoms with van der Waals surface area (Å²) in [6, 6.07) is 17.2. The van der Waals surface area contributed by atoms with E-state index in [0.29, 0.717) is 28.4 Å². The fourth-order valence-electron chi connectivity index (χ4n) is 3.18. The number of H-pyrrole nitrogens is 1. The lowest BCUT2D eigenvalue weighted by Gasteiger charge is -2.11. The molecular formula is C22H19BrN4O2S. The molecule has 0 saturated heterocycles. The molecule has 2 aromatic heterocycles. The molecule has 6 nitrogen and oxygen atoms in total. The van der Waals surface area contributed by atoms with Crippen molar-refractivity contribution in [1.82, 2.24) is 14.5 Å². The smallest absolute Gasteiger partial charge is 0.278 e. The fourth-order valence-corrected chi connectivity index (χ4v) is 4.42. The summed E-state index contributed by atoms with van der Waals surface area (Å²) in [4.78, 5) is 33.2. The van der Waals surface area contributed by atoms with Gasteiger partial charge in [0.15, 0.2) is 5.16 Å². The van der Waals surface area contributed by atoms with Gasteiger partial charge in [0.1, 0.15) is 11.0 Å². The van der Waals surface area contributed by atoms with Crippen LogP contribution in [0.15, 0.2) is 75.2 Å². The molecule has 0 bridgehead atoms. The molecule has 152 valence electrons. The van der Waals surface area contributed by atoms with E-state index in [9.17, 15) is 9.59 Å². The third-order valence-electron chi connectivity index (χ3n) is 4.63. The lowest BCUT2D eigenvalue weighted by atomic mass is 10.1. The Morgan fingerprint density at radius 3 is 2.63 bits per heavy atom. The van der Waals surface area contributed by atoms with Crippen molar-refractivity contribution in [2.75, 3.05) is 11.1 Å². The Kier molecular flexibility index (Phi) is 6.06. The zero-order chi connectivity index (χ0) is 21.1. The van der Waals surface area contributed by atoms with Crippen LogP contribution in [0, 0.1) is 0 Å². The molecule has 0 fully saturated rings. The molecular weight excluding hydrogens is 464 g/mol. The molecule has 0 spiro atoms. The second-order valence-electron chi connectivity index (χ2n) is 6.55. The summed E-state index contributed by atoms with van der Waals surface area (Å²) in [5.41, 5.74) is 3.50. The van der Waals surface area contributed by atoms with Gasteiger partial charge in [-0.1, -0.05) is 54.2 Å². The zero-order valence-corrected chi connectivity index (χ0v) is 18.6. The zero-order valence-electron chi connectivity index (χ0n) is 16.2. The van der Waals surface area contributed by atoms with Gasteiger partial charge in [-0.25, -0.2) is 4.98 Å². The van der Waals surface area contributed by atoms with Gasteiger partial charge in [-0.2, -0.15) is 0 Å². The number of nitrogens with one attached hydrogen (secondary N) is 2. The molecule has 0 saturated carbocycles. The lowest BCUT2D eigenvalue weighted by molar-refractivity contribution is -0.113. The fraction of sp³-hybridized carbons (Fsp3) is 0.136. The summed E-state index contributed by atoms with van der Waals surface area (Å²) in [5, 5.41) is 3.40. The van der Waals surface area contributed by atoms with Crippen LogP contribution >= 0.6 is 27.7 Å². The minimum atomic E-state index is -0.166. The van der Waals surface area contributed by atoms with E-state index < -0.39 is 0 Å². The molecule has 2 heterocycles. The Bertz CT molecular complexity index is 1270. The monoisotopic (exact) mass is 482 g/mol. The van der Waals surface area contributed by atoms with Crippen LogP contribution in [-0.4, -0.2) is 26.2 Å². The highest BCUT2D eigenvalue weighted by atomic mass is 79.9. The van der Waals surface area contributed by atoms with Crippen molar-refractivity contribution in [2.45, 2.75) is 18.6 Å². The van der Waals surface area contributed by atoms with Gasteiger partial charge < -0.3 is 10.3 Å². The van der Waals surface area contributed by atoms with Gasteiger partial charge in [0.05, 0.1) is 11.4 Å². The Labute approximate surface area is 185 Å². The molecule has 4 rings (SSSR count). The van der Waals surface area contributed by atoms with Gasteiger partial charge in [-0.15, -0.1) is 0 Å². The van der Waals surface area contributed by atoms with Crippen molar-refractivity contribution >= 4 is 50.3 Å². The number of para-hydroxylation sites is 1. The van der Waals surface area contributed by atoms with Crippen molar-refractivity contribution < 1.29 is 4.79 Å². The number of anilines is 1. The van der Waals surface area contributed by atoms with Gasteiger partial charge >= 0.3 is 0 Å². The minimum Gasteiger partial charge on any atom is -0.355 e. The summed E-state index contributed by atoms with van der Waals surface area (Å²) in [7, 11) is 0. The SMILES string of the molecule is CCn1c(SCC(=O)Nc2ccccc2Br)nc2c(-c3ccccc3)c[nH]c2c1=O. The number of amides is 1. The standard InChI is InChI=1S/C22H19BrN4O2S/c1-2-27-21(29)20-19(15(12-24-20)14-8-4-3-5-9-14)26-22(27)30-13-18(28)25-17-11-7-6-10-16(17)23/h3-12,24H,2,13H2,1H3,(H,25,28). The highest BCUT2D eigenvalue weighted by molar-refractivity contribution is 9.10. The van der Waals surface area contributed by atoms with E-state index in [-0.39, 0.29) is 17.2 Å². The number of hydrogen-bond donors (Lipinski definition) is 2. The average molecular weight is 483 g/mol. The van der Waals surface area contributed by atoms with Crippen molar-refractivity contribution in [1.29, 1.82) is 0 Å². The van der Waals surface area contributed by atoms with E-state index in [4.69, 9.17) is 4.98 Å². The molecule has 0 aliphatic carbocycles. The number of fused-ring (bicyclic) bond motifs is 1. The van der Waals surface area contributed by atoms with E-state index in [1.54, 1.807) is 4.57 Å². The third kappa shape index (κ3) is 4.06. The molecule has 1 amide bonds. The van der Waals surface area contributed by atoms with E-state index in [2.05, 4.69) is 26.2 Å². The Balaban J connectivity index is 1.64. The summed E-state index contributed by atoms with van der Waals surface area (Å²) >= 11 is 4.67. The molecule has 0 aliphatic heterocycles. The second-order valence-corrected chi connectivity index (χ2v) is 8.35. The molecule has 30 heavy (non-hydrogen) atoms. The van der Waals surface area contributed by atoms with Crippen LogP contribution in [0.3, 0.4) is 0 Å². The summed E-state index contributed by atoms with van der Waals surface area (Å²) in [5.74, 6) is -0.0223. The van der Waals surface area contributed by atoms with Crippen LogP contribution in [0.1, 0.15) is 6.92 Å². The maximum absolute atomic E-state index is 13.0. The lowest BCUT2D eigenvalue weighted by Crippen LogP contribution is -2.23. The number of rotatable bonds is 6. The van der Waals surface area contributed by atoms with Crippen molar-refractivity contribution in [3.63, 3.8) is 0 Å². The maximum Gasteiger partial charge on any atom is 0.278 e. The Morgan fingerprint density at radius 1 is 1.17 bits per heavy atom. The summed E-state index contributed by atoms with van der Waals surface area (Å²) in [6.45, 7) is 2.36. The number of benzene rings is 2. The number of carbonyl (C=O) groups is 1. The van der Waals surface area contributed by atoms with E-state index >= 15 is 0 Å². The number of carbonyl (C=O) groups excluding carboxylic acids is 1. The third-order valence-corrected chi connectivity index (χ3v) is 6.30. The molecule has 0 atom stereocenters. The quantitative estimate of drug-likeness (QED) is 0.302. The topological polar surface area (TPSA) is 79.8 Å². The molecule has 4 aromatic rings. The minimum absolute atomic E-state index is 0.140. The number of nitrogens with zero attached hydrogens (tertiary/aromatic N) is 2. The van der Waals surface area contributed by atoms with Crippen LogP contribution < -0.4 is 10.9 Å². The molecule has 8 heteroatoms. The second kappa shape index (κ2) is 8.89. The first kappa shape index (κ1) is 20.4. The Hall–Kier alpha value is -2.84. The van der Waals surface area contributed by atoms with Gasteiger partial charge in [-0.3, -0.25) is 14.2 Å². The number of halogens is 1. The van der Waals surface area contributed by atoms with Crippen molar-refractivity contribution in [3.8, 4) is 11.1 Å². The van der Waals surface area contributed by atoms with Gasteiger partial charge in [0.25, 0.3) is 5.56 Å². The van der Waals surface area contributed by atoms with Gasteiger partial charge in [0.2, 0.25) is 5.91 Å². The van der Waals surface area contributed by atoms with Gasteiger partial charge in [-0.05, 0) is 40.5 Å². The van der Waals surface area contributed by atoms with Crippen LogP contribution in [0.4, 0.5) is 5.69 Å². The van der Waals surface area contributed by atoms with Crippen LogP contribution in [0.5, 0.6) is 0 Å². The number of thioether (sulfide) groups is 1. The van der Waals surface area contributed by atoms with Crippen LogP contribution in [0.2, 0.25) is 0 Å². The molecule has 0 radical (unpaired) electrons. The predicted octanol–water partition coefficient (Wildman–Crippen LogP) is 4.90. The number of aromatic nitrogens is 3. The van der Waals surface area contributed by atoms with Crippen molar-refractivity contribution in [2.24, 2.45) is 0 Å². The van der Waals surface area contributed by atoms with Gasteiger partial charge in [0, 0.05) is 22.8 Å². The number of hydrogen-bond acceptors (Lipinski definition) is 4.